The Hall–Kier alpha value is -3.47. The number of fused-ring (bicyclic) bond motifs is 1. The Morgan fingerprint density at radius 1 is 1.22 bits per heavy atom. The number of thiazole rings is 1. The van der Waals surface area contributed by atoms with Crippen LogP contribution in [0.15, 0.2) is 54.0 Å². The molecule has 0 aliphatic carbocycles. The van der Waals surface area contributed by atoms with Gasteiger partial charge in [0.15, 0.2) is 0 Å². The van der Waals surface area contributed by atoms with E-state index < -0.39 is 0 Å². The first-order chi connectivity index (χ1) is 15.5. The number of aromatic nitrogens is 1. The van der Waals surface area contributed by atoms with E-state index in [4.69, 9.17) is 4.74 Å². The zero-order valence-electron chi connectivity index (χ0n) is 17.9. The number of hydrogen-bond donors (Lipinski definition) is 1. The summed E-state index contributed by atoms with van der Waals surface area (Å²) in [7, 11) is 0. The van der Waals surface area contributed by atoms with Crippen LogP contribution < -0.4 is 5.32 Å². The lowest BCUT2D eigenvalue weighted by Gasteiger charge is -2.05. The van der Waals surface area contributed by atoms with Gasteiger partial charge >= 0.3 is 5.97 Å². The summed E-state index contributed by atoms with van der Waals surface area (Å²) in [5.74, 6) is -0.364. The third kappa shape index (κ3) is 4.28. The molecule has 0 saturated carbocycles. The maximum atomic E-state index is 12.4. The van der Waals surface area contributed by atoms with Crippen molar-refractivity contribution in [3.05, 3.63) is 75.1 Å². The number of ether oxygens (including phenoxy) is 1. The molecule has 32 heavy (non-hydrogen) atoms. The number of carbonyl (C=O) groups excluding carboxylic acids is 1. The fraction of sp³-hybridized carbons (Fsp3) is 0.160. The van der Waals surface area contributed by atoms with Crippen molar-refractivity contribution < 1.29 is 9.53 Å². The summed E-state index contributed by atoms with van der Waals surface area (Å²) < 4.78 is 5.20. The summed E-state index contributed by atoms with van der Waals surface area (Å²) in [6.07, 6.45) is 1.61. The first-order valence-corrected chi connectivity index (χ1v) is 11.8. The first-order valence-electron chi connectivity index (χ1n) is 10.1. The largest absolute Gasteiger partial charge is 0.462 e. The number of esters is 1. The van der Waals surface area contributed by atoms with Crippen LogP contribution in [0.5, 0.6) is 0 Å². The summed E-state index contributed by atoms with van der Waals surface area (Å²) >= 11 is 2.88. The summed E-state index contributed by atoms with van der Waals surface area (Å²) in [4.78, 5) is 18.1. The molecule has 2 heterocycles. The van der Waals surface area contributed by atoms with Crippen LogP contribution in [0.25, 0.3) is 27.6 Å². The van der Waals surface area contributed by atoms with Crippen molar-refractivity contribution in [1.29, 1.82) is 5.26 Å². The Kier molecular flexibility index (Phi) is 6.35. The molecule has 1 N–H and O–H groups in total. The number of benzene rings is 2. The highest BCUT2D eigenvalue weighted by molar-refractivity contribution is 7.16. The minimum Gasteiger partial charge on any atom is -0.462 e. The van der Waals surface area contributed by atoms with Crippen molar-refractivity contribution >= 4 is 50.0 Å². The quantitative estimate of drug-likeness (QED) is 0.254. The molecule has 7 heteroatoms. The molecule has 2 aromatic heterocycles. The molecule has 0 aliphatic rings. The van der Waals surface area contributed by atoms with E-state index in [1.54, 1.807) is 13.1 Å². The van der Waals surface area contributed by atoms with Gasteiger partial charge in [0.2, 0.25) is 0 Å². The summed E-state index contributed by atoms with van der Waals surface area (Å²) in [6.45, 7) is 5.94. The summed E-state index contributed by atoms with van der Waals surface area (Å²) in [6, 6.07) is 16.6. The van der Waals surface area contributed by atoms with E-state index >= 15 is 0 Å². The average molecular weight is 460 g/mol. The molecule has 0 atom stereocenters. The van der Waals surface area contributed by atoms with E-state index in [-0.39, 0.29) is 5.97 Å². The van der Waals surface area contributed by atoms with Crippen molar-refractivity contribution in [1.82, 2.24) is 4.98 Å². The number of carbonyl (C=O) groups is 1. The van der Waals surface area contributed by atoms with E-state index in [1.165, 1.54) is 28.1 Å². The molecule has 0 aliphatic heterocycles. The fourth-order valence-electron chi connectivity index (χ4n) is 3.34. The molecule has 0 amide bonds. The van der Waals surface area contributed by atoms with Gasteiger partial charge in [0.05, 0.1) is 17.9 Å². The van der Waals surface area contributed by atoms with Crippen LogP contribution in [0.1, 0.15) is 32.7 Å². The molecule has 0 fully saturated rings. The van der Waals surface area contributed by atoms with Crippen LogP contribution in [-0.4, -0.2) is 17.6 Å². The topological polar surface area (TPSA) is 75.0 Å². The van der Waals surface area contributed by atoms with Gasteiger partial charge in [0.1, 0.15) is 21.7 Å². The van der Waals surface area contributed by atoms with Crippen LogP contribution in [0.4, 0.5) is 5.00 Å². The molecule has 0 radical (unpaired) electrons. The SMILES string of the molecule is CCOC(=O)c1c(NC=C(C#N)c2nc(-c3ccc4ccccc4c3)cs2)sc(C)c1C. The van der Waals surface area contributed by atoms with Gasteiger partial charge in [0, 0.05) is 22.0 Å². The van der Waals surface area contributed by atoms with Crippen LogP contribution in [0.3, 0.4) is 0 Å². The number of thiophene rings is 1. The van der Waals surface area contributed by atoms with Crippen LogP contribution in [0, 0.1) is 25.2 Å². The first kappa shape index (κ1) is 21.8. The normalized spacial score (nSPS) is 11.4. The molecule has 0 bridgehead atoms. The number of anilines is 1. The zero-order chi connectivity index (χ0) is 22.7. The zero-order valence-corrected chi connectivity index (χ0v) is 19.6. The maximum Gasteiger partial charge on any atom is 0.341 e. The summed E-state index contributed by atoms with van der Waals surface area (Å²) in [5, 5.41) is 18.4. The molecular formula is C25H21N3O2S2. The Balaban J connectivity index is 1.61. The van der Waals surface area contributed by atoms with Gasteiger partial charge in [-0.05, 0) is 43.2 Å². The van der Waals surface area contributed by atoms with Gasteiger partial charge in [0.25, 0.3) is 0 Å². The van der Waals surface area contributed by atoms with Crippen molar-refractivity contribution in [3.8, 4) is 17.3 Å². The average Bonchev–Trinajstić information content (AvgIpc) is 3.39. The second-order valence-electron chi connectivity index (χ2n) is 7.12. The van der Waals surface area contributed by atoms with E-state index in [2.05, 4.69) is 40.6 Å². The number of nitrogens with zero attached hydrogens (tertiary/aromatic N) is 2. The van der Waals surface area contributed by atoms with Crippen LogP contribution in [0.2, 0.25) is 0 Å². The minimum absolute atomic E-state index is 0.308. The summed E-state index contributed by atoms with van der Waals surface area (Å²) in [5.41, 5.74) is 3.63. The van der Waals surface area contributed by atoms with Crippen LogP contribution in [-0.2, 0) is 4.74 Å². The lowest BCUT2D eigenvalue weighted by molar-refractivity contribution is 0.0527. The smallest absolute Gasteiger partial charge is 0.341 e. The predicted octanol–water partition coefficient (Wildman–Crippen LogP) is 6.79. The lowest BCUT2D eigenvalue weighted by Crippen LogP contribution is -2.07. The molecule has 0 saturated heterocycles. The van der Waals surface area contributed by atoms with E-state index in [9.17, 15) is 10.1 Å². The fourth-order valence-corrected chi connectivity index (χ4v) is 5.15. The maximum absolute atomic E-state index is 12.4. The van der Waals surface area contributed by atoms with Crippen molar-refractivity contribution in [2.45, 2.75) is 20.8 Å². The second-order valence-corrected chi connectivity index (χ2v) is 9.20. The van der Waals surface area contributed by atoms with Gasteiger partial charge in [-0.2, -0.15) is 5.26 Å². The number of nitriles is 1. The Bertz CT molecular complexity index is 1380. The molecule has 4 rings (SSSR count). The second kappa shape index (κ2) is 9.35. The molecule has 0 spiro atoms. The van der Waals surface area contributed by atoms with Gasteiger partial charge in [-0.15, -0.1) is 22.7 Å². The molecular weight excluding hydrogens is 438 g/mol. The molecule has 4 aromatic rings. The minimum atomic E-state index is -0.364. The monoisotopic (exact) mass is 459 g/mol. The van der Waals surface area contributed by atoms with Gasteiger partial charge in [-0.1, -0.05) is 36.4 Å². The Labute approximate surface area is 194 Å². The Morgan fingerprint density at radius 2 is 2.00 bits per heavy atom. The van der Waals surface area contributed by atoms with E-state index in [0.717, 1.165) is 27.1 Å². The highest BCUT2D eigenvalue weighted by Crippen LogP contribution is 2.34. The van der Waals surface area contributed by atoms with Gasteiger partial charge in [-0.25, -0.2) is 9.78 Å². The number of rotatable bonds is 6. The highest BCUT2D eigenvalue weighted by atomic mass is 32.1. The number of nitrogens with one attached hydrogen (secondary N) is 1. The molecule has 0 unspecified atom stereocenters. The molecule has 5 nitrogen and oxygen atoms in total. The number of aryl methyl sites for hydroxylation is 1. The van der Waals surface area contributed by atoms with Crippen LogP contribution >= 0.6 is 22.7 Å². The standard InChI is InChI=1S/C25H21N3O2S2/c1-4-30-25(29)22-15(2)16(3)32-24(22)27-13-20(12-26)23-28-21(14-31-23)19-10-9-17-7-5-6-8-18(17)11-19/h5-11,13-14,27H,4H2,1-3H3. The predicted molar refractivity (Wildman–Crippen MR) is 132 cm³/mol. The number of allylic oxidation sites excluding steroid dienone is 1. The third-order valence-electron chi connectivity index (χ3n) is 5.11. The van der Waals surface area contributed by atoms with Gasteiger partial charge in [-0.3, -0.25) is 0 Å². The van der Waals surface area contributed by atoms with E-state index in [1.807, 2.05) is 37.4 Å². The number of hydrogen-bond acceptors (Lipinski definition) is 7. The van der Waals surface area contributed by atoms with E-state index in [0.29, 0.717) is 27.8 Å². The van der Waals surface area contributed by atoms with Gasteiger partial charge < -0.3 is 10.1 Å². The van der Waals surface area contributed by atoms with Crippen molar-refractivity contribution in [3.63, 3.8) is 0 Å². The van der Waals surface area contributed by atoms with Crippen molar-refractivity contribution in [2.24, 2.45) is 0 Å². The third-order valence-corrected chi connectivity index (χ3v) is 7.13. The molecule has 160 valence electrons. The molecule has 2 aromatic carbocycles. The Morgan fingerprint density at radius 3 is 2.75 bits per heavy atom. The highest BCUT2D eigenvalue weighted by Gasteiger charge is 2.20. The lowest BCUT2D eigenvalue weighted by atomic mass is 10.1. The van der Waals surface area contributed by atoms with Crippen molar-refractivity contribution in [2.75, 3.05) is 11.9 Å².